The second-order valence-corrected chi connectivity index (χ2v) is 5.86. The van der Waals surface area contributed by atoms with Gasteiger partial charge in [-0.3, -0.25) is 0 Å². The van der Waals surface area contributed by atoms with Crippen molar-refractivity contribution >= 4 is 15.9 Å². The van der Waals surface area contributed by atoms with E-state index in [9.17, 15) is 0 Å². The standard InChI is InChI=1S/C17H26BrNO/c1-4-6-7-8-9-12-20-17-11-10-15(18)13-16(17)14(3)19-5-2/h4,10-11,13-14,19H,1,5-9,12H2,2-3H3. The molecule has 0 heterocycles. The molecule has 2 nitrogen and oxygen atoms in total. The quantitative estimate of drug-likeness (QED) is 0.464. The van der Waals surface area contributed by atoms with E-state index in [1.165, 1.54) is 18.4 Å². The van der Waals surface area contributed by atoms with Gasteiger partial charge in [0.1, 0.15) is 5.75 Å². The number of ether oxygens (including phenoxy) is 1. The first kappa shape index (κ1) is 17.3. The lowest BCUT2D eigenvalue weighted by molar-refractivity contribution is 0.299. The van der Waals surface area contributed by atoms with Crippen molar-refractivity contribution in [2.24, 2.45) is 0 Å². The van der Waals surface area contributed by atoms with Crippen LogP contribution in [0, 0.1) is 0 Å². The van der Waals surface area contributed by atoms with Gasteiger partial charge >= 0.3 is 0 Å². The Morgan fingerprint density at radius 3 is 2.85 bits per heavy atom. The zero-order valence-electron chi connectivity index (χ0n) is 12.6. The van der Waals surface area contributed by atoms with Crippen molar-refractivity contribution < 1.29 is 4.74 Å². The van der Waals surface area contributed by atoms with Crippen molar-refractivity contribution in [1.29, 1.82) is 0 Å². The van der Waals surface area contributed by atoms with Gasteiger partial charge in [0.15, 0.2) is 0 Å². The lowest BCUT2D eigenvalue weighted by atomic mass is 10.1. The molecule has 0 fully saturated rings. The maximum absolute atomic E-state index is 5.95. The van der Waals surface area contributed by atoms with Crippen LogP contribution in [0.2, 0.25) is 0 Å². The van der Waals surface area contributed by atoms with Gasteiger partial charge in [-0.15, -0.1) is 6.58 Å². The maximum Gasteiger partial charge on any atom is 0.124 e. The van der Waals surface area contributed by atoms with Crippen molar-refractivity contribution in [3.63, 3.8) is 0 Å². The highest BCUT2D eigenvalue weighted by Gasteiger charge is 2.11. The Bertz CT molecular complexity index is 406. The van der Waals surface area contributed by atoms with Crippen LogP contribution < -0.4 is 10.1 Å². The molecule has 0 aliphatic rings. The minimum atomic E-state index is 0.299. The third-order valence-electron chi connectivity index (χ3n) is 3.26. The lowest BCUT2D eigenvalue weighted by Crippen LogP contribution is -2.18. The predicted molar refractivity (Wildman–Crippen MR) is 90.4 cm³/mol. The predicted octanol–water partition coefficient (Wildman–Crippen LogP) is 5.24. The number of rotatable bonds is 10. The molecule has 0 aromatic heterocycles. The van der Waals surface area contributed by atoms with E-state index in [2.05, 4.69) is 53.8 Å². The van der Waals surface area contributed by atoms with Gasteiger partial charge in [-0.1, -0.05) is 28.9 Å². The molecule has 0 aliphatic carbocycles. The Kier molecular flexibility index (Phi) is 8.63. The zero-order valence-corrected chi connectivity index (χ0v) is 14.2. The van der Waals surface area contributed by atoms with Gasteiger partial charge < -0.3 is 10.1 Å². The van der Waals surface area contributed by atoms with E-state index in [4.69, 9.17) is 4.74 Å². The molecule has 0 bridgehead atoms. The topological polar surface area (TPSA) is 21.3 Å². The fourth-order valence-corrected chi connectivity index (χ4v) is 2.53. The highest BCUT2D eigenvalue weighted by molar-refractivity contribution is 9.10. The molecule has 0 aliphatic heterocycles. The summed E-state index contributed by atoms with van der Waals surface area (Å²) in [5.74, 6) is 0.991. The maximum atomic E-state index is 5.95. The highest BCUT2D eigenvalue weighted by atomic mass is 79.9. The van der Waals surface area contributed by atoms with E-state index in [1.807, 2.05) is 12.1 Å². The van der Waals surface area contributed by atoms with Crippen LogP contribution in [0.15, 0.2) is 35.3 Å². The molecule has 112 valence electrons. The van der Waals surface area contributed by atoms with Crippen LogP contribution >= 0.6 is 15.9 Å². The Morgan fingerprint density at radius 1 is 1.35 bits per heavy atom. The summed E-state index contributed by atoms with van der Waals surface area (Å²) >= 11 is 3.53. The van der Waals surface area contributed by atoms with Gasteiger partial charge in [-0.05, 0) is 57.4 Å². The lowest BCUT2D eigenvalue weighted by Gasteiger charge is -2.18. The van der Waals surface area contributed by atoms with Gasteiger partial charge in [0.05, 0.1) is 6.61 Å². The van der Waals surface area contributed by atoms with Gasteiger partial charge in [0, 0.05) is 16.1 Å². The van der Waals surface area contributed by atoms with E-state index < -0.39 is 0 Å². The number of hydrogen-bond acceptors (Lipinski definition) is 2. The minimum Gasteiger partial charge on any atom is -0.493 e. The molecule has 0 saturated heterocycles. The van der Waals surface area contributed by atoms with Crippen LogP contribution in [0.4, 0.5) is 0 Å². The van der Waals surface area contributed by atoms with Gasteiger partial charge in [0.25, 0.3) is 0 Å². The van der Waals surface area contributed by atoms with Crippen LogP contribution in [-0.4, -0.2) is 13.2 Å². The Balaban J connectivity index is 2.53. The number of halogens is 1. The van der Waals surface area contributed by atoms with E-state index in [0.717, 1.165) is 36.2 Å². The Morgan fingerprint density at radius 2 is 2.15 bits per heavy atom. The summed E-state index contributed by atoms with van der Waals surface area (Å²) < 4.78 is 7.05. The molecule has 1 rings (SSSR count). The molecule has 1 aromatic rings. The minimum absolute atomic E-state index is 0.299. The van der Waals surface area contributed by atoms with Crippen LogP contribution in [-0.2, 0) is 0 Å². The van der Waals surface area contributed by atoms with Gasteiger partial charge in [-0.2, -0.15) is 0 Å². The summed E-state index contributed by atoms with van der Waals surface area (Å²) in [6, 6.07) is 6.53. The largest absolute Gasteiger partial charge is 0.493 e. The summed E-state index contributed by atoms with van der Waals surface area (Å²) in [5, 5.41) is 3.44. The fourth-order valence-electron chi connectivity index (χ4n) is 2.15. The van der Waals surface area contributed by atoms with Crippen LogP contribution in [0.5, 0.6) is 5.75 Å². The van der Waals surface area contributed by atoms with Crippen LogP contribution in [0.3, 0.4) is 0 Å². The number of allylic oxidation sites excluding steroid dienone is 1. The first-order valence-electron chi connectivity index (χ1n) is 7.45. The molecular weight excluding hydrogens is 314 g/mol. The second kappa shape index (κ2) is 10.0. The molecule has 0 amide bonds. The average molecular weight is 340 g/mol. The van der Waals surface area contributed by atoms with Crippen molar-refractivity contribution in [3.05, 3.63) is 40.9 Å². The molecule has 0 radical (unpaired) electrons. The van der Waals surface area contributed by atoms with E-state index >= 15 is 0 Å². The average Bonchev–Trinajstić information content (AvgIpc) is 2.44. The molecule has 0 saturated carbocycles. The molecule has 1 N–H and O–H groups in total. The molecular formula is C17H26BrNO. The van der Waals surface area contributed by atoms with Gasteiger partial charge in [-0.25, -0.2) is 0 Å². The summed E-state index contributed by atoms with van der Waals surface area (Å²) in [5.41, 5.74) is 1.22. The first-order valence-corrected chi connectivity index (χ1v) is 8.24. The van der Waals surface area contributed by atoms with Crippen LogP contribution in [0.25, 0.3) is 0 Å². The van der Waals surface area contributed by atoms with Gasteiger partial charge in [0.2, 0.25) is 0 Å². The van der Waals surface area contributed by atoms with E-state index in [1.54, 1.807) is 0 Å². The van der Waals surface area contributed by atoms with Crippen molar-refractivity contribution in [2.75, 3.05) is 13.2 Å². The summed E-state index contributed by atoms with van der Waals surface area (Å²) in [6.07, 6.45) is 6.57. The Labute approximate surface area is 131 Å². The summed E-state index contributed by atoms with van der Waals surface area (Å²) in [7, 11) is 0. The number of unbranched alkanes of at least 4 members (excludes halogenated alkanes) is 3. The SMILES string of the molecule is C=CCCCCCOc1ccc(Br)cc1C(C)NCC. The zero-order chi connectivity index (χ0) is 14.8. The van der Waals surface area contributed by atoms with Crippen molar-refractivity contribution in [3.8, 4) is 5.75 Å². The Hall–Kier alpha value is -0.800. The molecule has 20 heavy (non-hydrogen) atoms. The number of nitrogens with one attached hydrogen (secondary N) is 1. The van der Waals surface area contributed by atoms with Crippen molar-refractivity contribution in [2.45, 2.75) is 45.6 Å². The molecule has 3 heteroatoms. The smallest absolute Gasteiger partial charge is 0.124 e. The second-order valence-electron chi connectivity index (χ2n) is 4.95. The fraction of sp³-hybridized carbons (Fsp3) is 0.529. The third kappa shape index (κ3) is 6.10. The normalized spacial score (nSPS) is 12.2. The van der Waals surface area contributed by atoms with E-state index in [0.29, 0.717) is 6.04 Å². The van der Waals surface area contributed by atoms with E-state index in [-0.39, 0.29) is 0 Å². The molecule has 0 spiro atoms. The third-order valence-corrected chi connectivity index (χ3v) is 3.75. The van der Waals surface area contributed by atoms with Crippen molar-refractivity contribution in [1.82, 2.24) is 5.32 Å². The molecule has 1 atom stereocenters. The summed E-state index contributed by atoms with van der Waals surface area (Å²) in [4.78, 5) is 0. The number of hydrogen-bond donors (Lipinski definition) is 1. The van der Waals surface area contributed by atoms with Crippen LogP contribution in [0.1, 0.15) is 51.1 Å². The molecule has 1 aromatic carbocycles. The number of benzene rings is 1. The monoisotopic (exact) mass is 339 g/mol. The first-order chi connectivity index (χ1) is 9.69. The molecule has 1 unspecified atom stereocenters. The highest BCUT2D eigenvalue weighted by Crippen LogP contribution is 2.28. The summed E-state index contributed by atoms with van der Waals surface area (Å²) in [6.45, 7) is 9.76.